The lowest BCUT2D eigenvalue weighted by Crippen LogP contribution is -2.49. The summed E-state index contributed by atoms with van der Waals surface area (Å²) in [6.45, 7) is 5.73. The van der Waals surface area contributed by atoms with Crippen LogP contribution in [0.1, 0.15) is 19.4 Å². The van der Waals surface area contributed by atoms with Gasteiger partial charge in [0.05, 0.1) is 16.3 Å². The fourth-order valence-electron chi connectivity index (χ4n) is 3.29. The van der Waals surface area contributed by atoms with Crippen molar-refractivity contribution in [2.45, 2.75) is 19.9 Å². The van der Waals surface area contributed by atoms with Crippen LogP contribution in [0.2, 0.25) is 0 Å². The molecule has 0 radical (unpaired) electrons. The predicted octanol–water partition coefficient (Wildman–Crippen LogP) is 3.87. The molecule has 0 fully saturated rings. The lowest BCUT2D eigenvalue weighted by atomic mass is 10.1. The first-order chi connectivity index (χ1) is 12.5. The third-order valence-corrected chi connectivity index (χ3v) is 4.59. The molecule has 1 atom stereocenters. The number of nitrogens with zero attached hydrogens (tertiary/aromatic N) is 3. The summed E-state index contributed by atoms with van der Waals surface area (Å²) in [7, 11) is 0. The molecule has 3 rings (SSSR count). The van der Waals surface area contributed by atoms with Gasteiger partial charge in [-0.25, -0.2) is 0 Å². The minimum absolute atomic E-state index is 0.0342. The number of benzene rings is 2. The van der Waals surface area contributed by atoms with E-state index in [2.05, 4.69) is 18.7 Å². The van der Waals surface area contributed by atoms with Gasteiger partial charge in [0.2, 0.25) is 0 Å². The maximum Gasteiger partial charge on any atom is 0.269 e. The molecular formula is C20H21N3O3. The molecule has 2 aromatic carbocycles. The Morgan fingerprint density at radius 3 is 2.46 bits per heavy atom. The molecule has 6 heteroatoms. The number of para-hydroxylation sites is 2. The number of hydrogen-bond acceptors (Lipinski definition) is 4. The summed E-state index contributed by atoms with van der Waals surface area (Å²) in [5.41, 5.74) is 2.75. The van der Waals surface area contributed by atoms with Crippen molar-refractivity contribution in [1.82, 2.24) is 0 Å². The monoisotopic (exact) mass is 351 g/mol. The van der Waals surface area contributed by atoms with Crippen molar-refractivity contribution in [2.75, 3.05) is 22.9 Å². The van der Waals surface area contributed by atoms with Crippen LogP contribution in [0.5, 0.6) is 0 Å². The Hall–Kier alpha value is -3.15. The second-order valence-corrected chi connectivity index (χ2v) is 6.25. The highest BCUT2D eigenvalue weighted by atomic mass is 16.6. The van der Waals surface area contributed by atoms with E-state index in [0.29, 0.717) is 6.54 Å². The molecule has 2 aromatic rings. The van der Waals surface area contributed by atoms with Crippen LogP contribution in [-0.4, -0.2) is 30.0 Å². The number of carbonyl (C=O) groups is 1. The summed E-state index contributed by atoms with van der Waals surface area (Å²) in [6.07, 6.45) is 3.21. The zero-order chi connectivity index (χ0) is 18.7. The fourth-order valence-corrected chi connectivity index (χ4v) is 3.29. The summed E-state index contributed by atoms with van der Waals surface area (Å²) < 4.78 is 0. The van der Waals surface area contributed by atoms with Gasteiger partial charge in [0.25, 0.3) is 11.6 Å². The van der Waals surface area contributed by atoms with E-state index in [1.807, 2.05) is 24.3 Å². The minimum atomic E-state index is -0.440. The Bertz CT molecular complexity index is 846. The van der Waals surface area contributed by atoms with E-state index in [1.165, 1.54) is 18.2 Å². The highest BCUT2D eigenvalue weighted by Gasteiger charge is 2.29. The molecule has 134 valence electrons. The van der Waals surface area contributed by atoms with Crippen molar-refractivity contribution >= 4 is 29.0 Å². The number of non-ortho nitro benzene ring substituents is 1. The molecule has 0 spiro atoms. The van der Waals surface area contributed by atoms with Crippen molar-refractivity contribution in [3.05, 3.63) is 70.3 Å². The molecule has 26 heavy (non-hydrogen) atoms. The average Bonchev–Trinajstić information content (AvgIpc) is 2.65. The quantitative estimate of drug-likeness (QED) is 0.476. The highest BCUT2D eigenvalue weighted by molar-refractivity contribution is 6.06. The number of nitro groups is 1. The average molecular weight is 351 g/mol. The molecule has 0 saturated heterocycles. The Kier molecular flexibility index (Phi) is 5.02. The van der Waals surface area contributed by atoms with Gasteiger partial charge in [-0.05, 0) is 49.8 Å². The van der Waals surface area contributed by atoms with E-state index >= 15 is 0 Å². The summed E-state index contributed by atoms with van der Waals surface area (Å²) >= 11 is 0. The predicted molar refractivity (Wildman–Crippen MR) is 103 cm³/mol. The van der Waals surface area contributed by atoms with Crippen LogP contribution >= 0.6 is 0 Å². The molecule has 1 aliphatic rings. The largest absolute Gasteiger partial charge is 0.366 e. The van der Waals surface area contributed by atoms with Crippen molar-refractivity contribution in [1.29, 1.82) is 0 Å². The Morgan fingerprint density at radius 2 is 1.85 bits per heavy atom. The molecule has 1 unspecified atom stereocenters. The lowest BCUT2D eigenvalue weighted by molar-refractivity contribution is -0.384. The van der Waals surface area contributed by atoms with Gasteiger partial charge in [0.15, 0.2) is 0 Å². The number of nitro benzene ring substituents is 1. The molecule has 0 aromatic heterocycles. The van der Waals surface area contributed by atoms with Gasteiger partial charge < -0.3 is 9.80 Å². The third-order valence-electron chi connectivity index (χ3n) is 4.59. The standard InChI is InChI=1S/C20H21N3O3/c1-3-21-15(2)14-22(19-7-5-4-6-18(19)21)20(24)13-10-16-8-11-17(12-9-16)23(25)26/h4-13,15H,3,14H2,1-2H3/b13-10+. The minimum Gasteiger partial charge on any atom is -0.366 e. The molecule has 6 nitrogen and oxygen atoms in total. The van der Waals surface area contributed by atoms with E-state index in [-0.39, 0.29) is 17.6 Å². The van der Waals surface area contributed by atoms with E-state index in [9.17, 15) is 14.9 Å². The van der Waals surface area contributed by atoms with Gasteiger partial charge in [0, 0.05) is 37.3 Å². The summed E-state index contributed by atoms with van der Waals surface area (Å²) in [6, 6.07) is 14.3. The molecule has 1 heterocycles. The first kappa shape index (κ1) is 17.7. The van der Waals surface area contributed by atoms with Crippen LogP contribution in [0.15, 0.2) is 54.6 Å². The summed E-state index contributed by atoms with van der Waals surface area (Å²) in [5.74, 6) is -0.0987. The van der Waals surface area contributed by atoms with E-state index in [0.717, 1.165) is 23.5 Å². The molecule has 0 N–H and O–H groups in total. The normalized spacial score (nSPS) is 16.6. The smallest absolute Gasteiger partial charge is 0.269 e. The van der Waals surface area contributed by atoms with Crippen molar-refractivity contribution in [3.8, 4) is 0 Å². The van der Waals surface area contributed by atoms with Gasteiger partial charge in [-0.15, -0.1) is 0 Å². The second kappa shape index (κ2) is 7.39. The fraction of sp³-hybridized carbons (Fsp3) is 0.250. The van der Waals surface area contributed by atoms with Crippen molar-refractivity contribution < 1.29 is 9.72 Å². The lowest BCUT2D eigenvalue weighted by Gasteiger charge is -2.41. The van der Waals surface area contributed by atoms with Crippen LogP contribution < -0.4 is 9.80 Å². The van der Waals surface area contributed by atoms with Crippen LogP contribution in [0.25, 0.3) is 6.08 Å². The Morgan fingerprint density at radius 1 is 1.19 bits per heavy atom. The zero-order valence-electron chi connectivity index (χ0n) is 14.8. The highest BCUT2D eigenvalue weighted by Crippen LogP contribution is 2.35. The first-order valence-corrected chi connectivity index (χ1v) is 8.61. The van der Waals surface area contributed by atoms with E-state index in [4.69, 9.17) is 0 Å². The number of rotatable bonds is 4. The summed E-state index contributed by atoms with van der Waals surface area (Å²) in [5, 5.41) is 10.7. The number of anilines is 2. The topological polar surface area (TPSA) is 66.7 Å². The van der Waals surface area contributed by atoms with Crippen LogP contribution in [0.3, 0.4) is 0 Å². The van der Waals surface area contributed by atoms with Crippen molar-refractivity contribution in [3.63, 3.8) is 0 Å². The zero-order valence-corrected chi connectivity index (χ0v) is 14.8. The molecule has 0 saturated carbocycles. The van der Waals surface area contributed by atoms with Crippen LogP contribution in [0.4, 0.5) is 17.1 Å². The number of amides is 1. The second-order valence-electron chi connectivity index (χ2n) is 6.25. The summed E-state index contributed by atoms with van der Waals surface area (Å²) in [4.78, 5) is 27.1. The SMILES string of the molecule is CCN1c2ccccc2N(C(=O)/C=C/c2ccc([N+](=O)[O-])cc2)CC1C. The van der Waals surface area contributed by atoms with Gasteiger partial charge in [-0.1, -0.05) is 12.1 Å². The number of hydrogen-bond donors (Lipinski definition) is 0. The maximum absolute atomic E-state index is 12.8. The first-order valence-electron chi connectivity index (χ1n) is 8.61. The van der Waals surface area contributed by atoms with Crippen LogP contribution in [0, 0.1) is 10.1 Å². The van der Waals surface area contributed by atoms with Gasteiger partial charge in [-0.2, -0.15) is 0 Å². The van der Waals surface area contributed by atoms with Crippen LogP contribution in [-0.2, 0) is 4.79 Å². The third kappa shape index (κ3) is 3.44. The van der Waals surface area contributed by atoms with Gasteiger partial charge in [-0.3, -0.25) is 14.9 Å². The Labute approximate surface area is 152 Å². The molecule has 0 aliphatic carbocycles. The maximum atomic E-state index is 12.8. The van der Waals surface area contributed by atoms with Crippen molar-refractivity contribution in [2.24, 2.45) is 0 Å². The van der Waals surface area contributed by atoms with E-state index in [1.54, 1.807) is 23.1 Å². The van der Waals surface area contributed by atoms with Gasteiger partial charge in [0.1, 0.15) is 0 Å². The molecule has 0 bridgehead atoms. The van der Waals surface area contributed by atoms with E-state index < -0.39 is 4.92 Å². The van der Waals surface area contributed by atoms with Gasteiger partial charge >= 0.3 is 0 Å². The number of likely N-dealkylation sites (N-methyl/N-ethyl adjacent to an activating group) is 1. The number of carbonyl (C=O) groups excluding carboxylic acids is 1. The Balaban J connectivity index is 1.82. The number of fused-ring (bicyclic) bond motifs is 1. The molecule has 1 amide bonds. The molecular weight excluding hydrogens is 330 g/mol. The molecule has 1 aliphatic heterocycles.